The van der Waals surface area contributed by atoms with Crippen LogP contribution in [0.2, 0.25) is 0 Å². The highest BCUT2D eigenvalue weighted by Crippen LogP contribution is 2.32. The summed E-state index contributed by atoms with van der Waals surface area (Å²) in [5.41, 5.74) is 0. The van der Waals surface area contributed by atoms with Crippen LogP contribution in [-0.2, 0) is 0 Å². The SMILES string of the molecule is CSCC1CCCC1C. The van der Waals surface area contributed by atoms with E-state index in [-0.39, 0.29) is 0 Å². The van der Waals surface area contributed by atoms with E-state index in [4.69, 9.17) is 0 Å². The number of hydrogen-bond acceptors (Lipinski definition) is 1. The Morgan fingerprint density at radius 1 is 1.44 bits per heavy atom. The van der Waals surface area contributed by atoms with Crippen LogP contribution in [0.5, 0.6) is 0 Å². The first-order chi connectivity index (χ1) is 4.34. The maximum Gasteiger partial charge on any atom is -0.00394 e. The number of thioether (sulfide) groups is 1. The van der Waals surface area contributed by atoms with E-state index >= 15 is 0 Å². The molecule has 0 bridgehead atoms. The summed E-state index contributed by atoms with van der Waals surface area (Å²) in [5.74, 6) is 3.44. The topological polar surface area (TPSA) is 0 Å². The molecule has 0 radical (unpaired) electrons. The molecule has 2 atom stereocenters. The van der Waals surface area contributed by atoms with Gasteiger partial charge in [-0.2, -0.15) is 11.8 Å². The summed E-state index contributed by atoms with van der Waals surface area (Å²) >= 11 is 2.00. The molecule has 2 unspecified atom stereocenters. The molecule has 0 aromatic heterocycles. The minimum Gasteiger partial charge on any atom is -0.165 e. The van der Waals surface area contributed by atoms with Crippen LogP contribution in [0, 0.1) is 11.8 Å². The summed E-state index contributed by atoms with van der Waals surface area (Å²) in [7, 11) is 0. The monoisotopic (exact) mass is 144 g/mol. The van der Waals surface area contributed by atoms with Gasteiger partial charge in [-0.3, -0.25) is 0 Å². The van der Waals surface area contributed by atoms with Crippen LogP contribution in [-0.4, -0.2) is 12.0 Å². The average molecular weight is 144 g/mol. The average Bonchev–Trinajstić information content (AvgIpc) is 2.18. The van der Waals surface area contributed by atoms with E-state index in [1.807, 2.05) is 11.8 Å². The molecular weight excluding hydrogens is 128 g/mol. The van der Waals surface area contributed by atoms with Gasteiger partial charge in [0.25, 0.3) is 0 Å². The molecule has 1 rings (SSSR count). The second kappa shape index (κ2) is 3.50. The Balaban J connectivity index is 2.22. The lowest BCUT2D eigenvalue weighted by Gasteiger charge is -2.12. The van der Waals surface area contributed by atoms with E-state index in [0.29, 0.717) is 0 Å². The van der Waals surface area contributed by atoms with Crippen molar-refractivity contribution < 1.29 is 0 Å². The van der Waals surface area contributed by atoms with Crippen molar-refractivity contribution in [3.8, 4) is 0 Å². The molecule has 0 aromatic carbocycles. The third-order valence-corrected chi connectivity index (χ3v) is 3.18. The first-order valence-electron chi connectivity index (χ1n) is 3.83. The normalized spacial score (nSPS) is 35.3. The predicted molar refractivity (Wildman–Crippen MR) is 44.9 cm³/mol. The fraction of sp³-hybridized carbons (Fsp3) is 1.00. The lowest BCUT2D eigenvalue weighted by Crippen LogP contribution is -2.05. The van der Waals surface area contributed by atoms with Gasteiger partial charge in [0.2, 0.25) is 0 Å². The number of rotatable bonds is 2. The molecule has 1 fully saturated rings. The summed E-state index contributed by atoms with van der Waals surface area (Å²) in [6.07, 6.45) is 6.66. The van der Waals surface area contributed by atoms with Crippen LogP contribution >= 0.6 is 11.8 Å². The van der Waals surface area contributed by atoms with E-state index < -0.39 is 0 Å². The number of hydrogen-bond donors (Lipinski definition) is 0. The zero-order valence-electron chi connectivity index (χ0n) is 6.39. The second-order valence-electron chi connectivity index (χ2n) is 3.12. The Labute approximate surface area is 62.4 Å². The molecule has 0 N–H and O–H groups in total. The van der Waals surface area contributed by atoms with Crippen molar-refractivity contribution in [2.45, 2.75) is 26.2 Å². The van der Waals surface area contributed by atoms with Gasteiger partial charge < -0.3 is 0 Å². The van der Waals surface area contributed by atoms with Gasteiger partial charge in [-0.1, -0.05) is 19.8 Å². The van der Waals surface area contributed by atoms with Crippen molar-refractivity contribution >= 4 is 11.8 Å². The molecule has 1 saturated carbocycles. The van der Waals surface area contributed by atoms with E-state index in [1.54, 1.807) is 0 Å². The largest absolute Gasteiger partial charge is 0.165 e. The Hall–Kier alpha value is 0.350. The highest BCUT2D eigenvalue weighted by atomic mass is 32.2. The first-order valence-corrected chi connectivity index (χ1v) is 5.23. The highest BCUT2D eigenvalue weighted by molar-refractivity contribution is 7.98. The lowest BCUT2D eigenvalue weighted by molar-refractivity contribution is 0.465. The van der Waals surface area contributed by atoms with Crippen molar-refractivity contribution in [2.24, 2.45) is 11.8 Å². The molecule has 9 heavy (non-hydrogen) atoms. The van der Waals surface area contributed by atoms with Crippen molar-refractivity contribution in [3.63, 3.8) is 0 Å². The zero-order valence-corrected chi connectivity index (χ0v) is 7.21. The molecule has 0 aromatic rings. The van der Waals surface area contributed by atoms with Crippen LogP contribution in [0.1, 0.15) is 26.2 Å². The maximum atomic E-state index is 2.40. The van der Waals surface area contributed by atoms with Crippen LogP contribution in [0.3, 0.4) is 0 Å². The standard InChI is InChI=1S/C8H16S/c1-7-4-3-5-8(7)6-9-2/h7-8H,3-6H2,1-2H3. The summed E-state index contributed by atoms with van der Waals surface area (Å²) in [6.45, 7) is 2.40. The van der Waals surface area contributed by atoms with Gasteiger partial charge in [-0.25, -0.2) is 0 Å². The second-order valence-corrected chi connectivity index (χ2v) is 4.03. The fourth-order valence-corrected chi connectivity index (χ4v) is 2.61. The van der Waals surface area contributed by atoms with Crippen molar-refractivity contribution in [1.82, 2.24) is 0 Å². The summed E-state index contributed by atoms with van der Waals surface area (Å²) in [6, 6.07) is 0. The quantitative estimate of drug-likeness (QED) is 0.574. The van der Waals surface area contributed by atoms with Gasteiger partial charge in [0, 0.05) is 0 Å². The molecule has 0 saturated heterocycles. The van der Waals surface area contributed by atoms with Crippen molar-refractivity contribution in [2.75, 3.05) is 12.0 Å². The van der Waals surface area contributed by atoms with Gasteiger partial charge in [0.05, 0.1) is 0 Å². The van der Waals surface area contributed by atoms with Gasteiger partial charge in [-0.05, 0) is 30.3 Å². The molecule has 0 amide bonds. The summed E-state index contributed by atoms with van der Waals surface area (Å²) < 4.78 is 0. The molecule has 54 valence electrons. The Bertz CT molecular complexity index is 80.6. The fourth-order valence-electron chi connectivity index (χ4n) is 1.68. The summed E-state index contributed by atoms with van der Waals surface area (Å²) in [4.78, 5) is 0. The zero-order chi connectivity index (χ0) is 6.69. The third-order valence-electron chi connectivity index (χ3n) is 2.42. The van der Waals surface area contributed by atoms with E-state index in [9.17, 15) is 0 Å². The van der Waals surface area contributed by atoms with Gasteiger partial charge in [-0.15, -0.1) is 0 Å². The summed E-state index contributed by atoms with van der Waals surface area (Å²) in [5, 5.41) is 0. The van der Waals surface area contributed by atoms with Crippen molar-refractivity contribution in [1.29, 1.82) is 0 Å². The van der Waals surface area contributed by atoms with Crippen LogP contribution in [0.15, 0.2) is 0 Å². The lowest BCUT2D eigenvalue weighted by atomic mass is 10.0. The van der Waals surface area contributed by atoms with Crippen LogP contribution in [0.4, 0.5) is 0 Å². The molecule has 0 heterocycles. The van der Waals surface area contributed by atoms with E-state index in [1.165, 1.54) is 25.0 Å². The molecule has 1 aliphatic rings. The van der Waals surface area contributed by atoms with Gasteiger partial charge >= 0.3 is 0 Å². The smallest absolute Gasteiger partial charge is 0.00394 e. The molecule has 1 aliphatic carbocycles. The third kappa shape index (κ3) is 1.89. The Kier molecular flexibility index (Phi) is 2.90. The van der Waals surface area contributed by atoms with Crippen LogP contribution in [0.25, 0.3) is 0 Å². The van der Waals surface area contributed by atoms with Crippen molar-refractivity contribution in [3.05, 3.63) is 0 Å². The maximum absolute atomic E-state index is 2.40. The molecular formula is C8H16S. The first kappa shape index (κ1) is 7.46. The van der Waals surface area contributed by atoms with Gasteiger partial charge in [0.15, 0.2) is 0 Å². The molecule has 0 aliphatic heterocycles. The molecule has 0 nitrogen and oxygen atoms in total. The molecule has 1 heteroatoms. The van der Waals surface area contributed by atoms with E-state index in [2.05, 4.69) is 13.2 Å². The van der Waals surface area contributed by atoms with Gasteiger partial charge in [0.1, 0.15) is 0 Å². The minimum atomic E-state index is 1.01. The Morgan fingerprint density at radius 3 is 2.67 bits per heavy atom. The molecule has 0 spiro atoms. The minimum absolute atomic E-state index is 1.01. The highest BCUT2D eigenvalue weighted by Gasteiger charge is 2.21. The van der Waals surface area contributed by atoms with E-state index in [0.717, 1.165) is 11.8 Å². The predicted octanol–water partition coefficient (Wildman–Crippen LogP) is 2.79. The Morgan fingerprint density at radius 2 is 2.22 bits per heavy atom. The van der Waals surface area contributed by atoms with Crippen LogP contribution < -0.4 is 0 Å².